The van der Waals surface area contributed by atoms with Crippen LogP contribution in [0.25, 0.3) is 0 Å². The molecule has 3 amide bonds. The highest BCUT2D eigenvalue weighted by Crippen LogP contribution is 2.34. The molecule has 0 saturated heterocycles. The third-order valence-corrected chi connectivity index (χ3v) is 5.80. The van der Waals surface area contributed by atoms with Gasteiger partial charge in [-0.15, -0.1) is 0 Å². The van der Waals surface area contributed by atoms with Gasteiger partial charge in [0.2, 0.25) is 11.8 Å². The Morgan fingerprint density at radius 1 is 1.27 bits per heavy atom. The maximum atomic E-state index is 13.7. The van der Waals surface area contributed by atoms with Crippen LogP contribution >= 0.6 is 12.6 Å². The van der Waals surface area contributed by atoms with E-state index in [-0.39, 0.29) is 23.5 Å². The van der Waals surface area contributed by atoms with Crippen molar-refractivity contribution in [2.24, 2.45) is 0 Å². The lowest BCUT2D eigenvalue weighted by atomic mass is 9.88. The molecular weight excluding hydrogens is 442 g/mol. The predicted molar refractivity (Wildman–Crippen MR) is 130 cm³/mol. The van der Waals surface area contributed by atoms with Gasteiger partial charge in [-0.1, -0.05) is 25.5 Å². The summed E-state index contributed by atoms with van der Waals surface area (Å²) < 4.78 is 5.31. The molecule has 2 rings (SSSR count). The molecular formula is C24H37N3O5S. The Morgan fingerprint density at radius 3 is 2.48 bits per heavy atom. The molecule has 184 valence electrons. The maximum absolute atomic E-state index is 13.7. The molecule has 1 saturated carbocycles. The minimum absolute atomic E-state index is 0.0116. The SMILES string of the molecule is CCCCNC(=O)C(c1cccc(O)c1)N(C(=O)C(CS)NC(=O)OC(C)(C)C)C1CCC1. The Bertz CT molecular complexity index is 823. The molecule has 1 aliphatic rings. The van der Waals surface area contributed by atoms with Crippen molar-refractivity contribution in [3.63, 3.8) is 0 Å². The third-order valence-electron chi connectivity index (χ3n) is 5.44. The monoisotopic (exact) mass is 479 g/mol. The van der Waals surface area contributed by atoms with Gasteiger partial charge in [0.05, 0.1) is 0 Å². The zero-order valence-electron chi connectivity index (χ0n) is 20.0. The molecule has 2 unspecified atom stereocenters. The van der Waals surface area contributed by atoms with Gasteiger partial charge < -0.3 is 25.4 Å². The van der Waals surface area contributed by atoms with E-state index in [2.05, 4.69) is 23.3 Å². The van der Waals surface area contributed by atoms with Crippen molar-refractivity contribution in [3.8, 4) is 5.75 Å². The largest absolute Gasteiger partial charge is 0.508 e. The van der Waals surface area contributed by atoms with Crippen molar-refractivity contribution >= 4 is 30.5 Å². The Morgan fingerprint density at radius 2 is 1.97 bits per heavy atom. The number of phenols is 1. The number of aromatic hydroxyl groups is 1. The standard InChI is InChI=1S/C24H37N3O5S/c1-5-6-13-25-21(29)20(16-9-7-12-18(28)14-16)27(17-10-8-11-17)22(30)19(15-33)26-23(31)32-24(2,3)4/h7,9,12,14,17,19-20,28,33H,5-6,8,10-11,13,15H2,1-4H3,(H,25,29)(H,26,31). The molecule has 1 aromatic rings. The van der Waals surface area contributed by atoms with Crippen LogP contribution in [-0.2, 0) is 14.3 Å². The van der Waals surface area contributed by atoms with Crippen LogP contribution in [0.15, 0.2) is 24.3 Å². The molecule has 0 heterocycles. The van der Waals surface area contributed by atoms with Gasteiger partial charge in [0.25, 0.3) is 0 Å². The zero-order valence-corrected chi connectivity index (χ0v) is 20.9. The average Bonchev–Trinajstić information content (AvgIpc) is 2.68. The van der Waals surface area contributed by atoms with Crippen LogP contribution in [0.1, 0.15) is 71.4 Å². The first-order valence-electron chi connectivity index (χ1n) is 11.6. The summed E-state index contributed by atoms with van der Waals surface area (Å²) in [7, 11) is 0. The van der Waals surface area contributed by atoms with E-state index in [1.54, 1.807) is 37.8 Å². The molecule has 0 spiro atoms. The predicted octanol–water partition coefficient (Wildman–Crippen LogP) is 3.55. The number of amides is 3. The van der Waals surface area contributed by atoms with Gasteiger partial charge in [-0.25, -0.2) is 4.79 Å². The third kappa shape index (κ3) is 7.84. The average molecular weight is 480 g/mol. The van der Waals surface area contributed by atoms with Gasteiger partial charge in [-0.3, -0.25) is 9.59 Å². The van der Waals surface area contributed by atoms with Gasteiger partial charge in [-0.05, 0) is 64.2 Å². The lowest BCUT2D eigenvalue weighted by molar-refractivity contribution is -0.147. The van der Waals surface area contributed by atoms with Crippen molar-refractivity contribution in [1.29, 1.82) is 0 Å². The molecule has 2 atom stereocenters. The number of nitrogens with one attached hydrogen (secondary N) is 2. The second-order valence-corrected chi connectivity index (χ2v) is 9.72. The first-order chi connectivity index (χ1) is 15.6. The summed E-state index contributed by atoms with van der Waals surface area (Å²) in [4.78, 5) is 40.9. The van der Waals surface area contributed by atoms with E-state index in [0.717, 1.165) is 32.1 Å². The highest BCUT2D eigenvalue weighted by molar-refractivity contribution is 7.80. The Hall–Kier alpha value is -2.42. The first kappa shape index (κ1) is 26.8. The molecule has 0 aliphatic heterocycles. The van der Waals surface area contributed by atoms with Crippen LogP contribution in [0.2, 0.25) is 0 Å². The highest BCUT2D eigenvalue weighted by atomic mass is 32.1. The Labute approximate surface area is 201 Å². The van der Waals surface area contributed by atoms with Crippen molar-refractivity contribution in [1.82, 2.24) is 15.5 Å². The van der Waals surface area contributed by atoms with E-state index in [0.29, 0.717) is 12.1 Å². The van der Waals surface area contributed by atoms with Gasteiger partial charge in [0.15, 0.2) is 0 Å². The second kappa shape index (κ2) is 12.2. The van der Waals surface area contributed by atoms with Crippen LogP contribution in [-0.4, -0.2) is 57.9 Å². The minimum Gasteiger partial charge on any atom is -0.508 e. The molecule has 33 heavy (non-hydrogen) atoms. The topological polar surface area (TPSA) is 108 Å². The number of rotatable bonds is 10. The number of ether oxygens (including phenoxy) is 1. The van der Waals surface area contributed by atoms with Crippen molar-refractivity contribution in [2.45, 2.75) is 83.5 Å². The van der Waals surface area contributed by atoms with E-state index in [1.165, 1.54) is 12.1 Å². The van der Waals surface area contributed by atoms with Gasteiger partial charge in [-0.2, -0.15) is 12.6 Å². The fourth-order valence-electron chi connectivity index (χ4n) is 3.62. The number of thiol groups is 1. The first-order valence-corrected chi connectivity index (χ1v) is 12.2. The second-order valence-electron chi connectivity index (χ2n) is 9.35. The molecule has 0 bridgehead atoms. The summed E-state index contributed by atoms with van der Waals surface area (Å²) in [5.74, 6) is -0.660. The number of hydrogen-bond acceptors (Lipinski definition) is 6. The molecule has 9 heteroatoms. The van der Waals surface area contributed by atoms with E-state index in [4.69, 9.17) is 4.74 Å². The highest BCUT2D eigenvalue weighted by Gasteiger charge is 2.41. The van der Waals surface area contributed by atoms with E-state index >= 15 is 0 Å². The fourth-order valence-corrected chi connectivity index (χ4v) is 3.86. The van der Waals surface area contributed by atoms with Crippen LogP contribution in [0.3, 0.4) is 0 Å². The molecule has 1 aliphatic carbocycles. The Balaban J connectivity index is 2.37. The summed E-state index contributed by atoms with van der Waals surface area (Å²) in [6.07, 6.45) is 3.48. The van der Waals surface area contributed by atoms with Crippen LogP contribution in [0.4, 0.5) is 4.79 Å². The number of phenolic OH excluding ortho intramolecular Hbond substituents is 1. The summed E-state index contributed by atoms with van der Waals surface area (Å²) in [6, 6.07) is 4.34. The van der Waals surface area contributed by atoms with Crippen LogP contribution < -0.4 is 10.6 Å². The number of nitrogens with zero attached hydrogens (tertiary/aromatic N) is 1. The van der Waals surface area contributed by atoms with E-state index in [9.17, 15) is 19.5 Å². The maximum Gasteiger partial charge on any atom is 0.408 e. The number of benzene rings is 1. The normalized spacial score (nSPS) is 15.7. The van der Waals surface area contributed by atoms with E-state index in [1.807, 2.05) is 6.92 Å². The van der Waals surface area contributed by atoms with Crippen LogP contribution in [0, 0.1) is 0 Å². The molecule has 0 radical (unpaired) electrons. The van der Waals surface area contributed by atoms with Gasteiger partial charge in [0.1, 0.15) is 23.4 Å². The molecule has 0 aromatic heterocycles. The molecule has 8 nitrogen and oxygen atoms in total. The van der Waals surface area contributed by atoms with Gasteiger partial charge in [0, 0.05) is 18.3 Å². The quantitative estimate of drug-likeness (QED) is 0.303. The lowest BCUT2D eigenvalue weighted by Crippen LogP contribution is -2.58. The van der Waals surface area contributed by atoms with Crippen molar-refractivity contribution in [3.05, 3.63) is 29.8 Å². The fraction of sp³-hybridized carbons (Fsp3) is 0.625. The molecule has 1 aromatic carbocycles. The minimum atomic E-state index is -0.966. The number of alkyl carbamates (subject to hydrolysis) is 1. The smallest absolute Gasteiger partial charge is 0.408 e. The van der Waals surface area contributed by atoms with Gasteiger partial charge >= 0.3 is 6.09 Å². The molecule has 3 N–H and O–H groups in total. The number of unbranched alkanes of at least 4 members (excludes halogenated alkanes) is 1. The summed E-state index contributed by atoms with van der Waals surface area (Å²) >= 11 is 4.29. The van der Waals surface area contributed by atoms with E-state index < -0.39 is 29.7 Å². The lowest BCUT2D eigenvalue weighted by Gasteiger charge is -2.43. The number of carbonyl (C=O) groups excluding carboxylic acids is 3. The van der Waals surface area contributed by atoms with Crippen molar-refractivity contribution < 1.29 is 24.2 Å². The number of hydrogen-bond donors (Lipinski definition) is 4. The summed E-state index contributed by atoms with van der Waals surface area (Å²) in [5, 5.41) is 15.6. The summed E-state index contributed by atoms with van der Waals surface area (Å²) in [6.45, 7) is 7.74. The van der Waals surface area contributed by atoms with Crippen molar-refractivity contribution in [2.75, 3.05) is 12.3 Å². The summed E-state index contributed by atoms with van der Waals surface area (Å²) in [5.41, 5.74) is -0.204. The molecule has 1 fully saturated rings. The number of carbonyl (C=O) groups is 3. The zero-order chi connectivity index (χ0) is 24.6. The Kier molecular flexibility index (Phi) is 9.88. The van der Waals surface area contributed by atoms with Crippen LogP contribution in [0.5, 0.6) is 5.75 Å².